The van der Waals surface area contributed by atoms with Crippen LogP contribution in [0.25, 0.3) is 0 Å². The summed E-state index contributed by atoms with van der Waals surface area (Å²) >= 11 is 0. The van der Waals surface area contributed by atoms with Crippen LogP contribution in [0.15, 0.2) is 18.2 Å². The highest BCUT2D eigenvalue weighted by molar-refractivity contribution is 5.38. The van der Waals surface area contributed by atoms with Crippen molar-refractivity contribution < 1.29 is 9.13 Å². The minimum absolute atomic E-state index is 0.0893. The van der Waals surface area contributed by atoms with Gasteiger partial charge in [0, 0.05) is 18.9 Å². The first-order chi connectivity index (χ1) is 9.03. The van der Waals surface area contributed by atoms with Crippen LogP contribution in [-0.2, 0) is 6.42 Å². The molecule has 2 rings (SSSR count). The van der Waals surface area contributed by atoms with E-state index in [9.17, 15) is 0 Å². The van der Waals surface area contributed by atoms with Crippen molar-refractivity contribution in [2.24, 2.45) is 5.92 Å². The zero-order valence-corrected chi connectivity index (χ0v) is 12.1. The van der Waals surface area contributed by atoms with Crippen LogP contribution >= 0.6 is 0 Å². The minimum Gasteiger partial charge on any atom is -0.496 e. The van der Waals surface area contributed by atoms with Gasteiger partial charge in [-0.05, 0) is 44.9 Å². The molecule has 1 saturated heterocycles. The Morgan fingerprint density at radius 1 is 1.47 bits per heavy atom. The van der Waals surface area contributed by atoms with Crippen LogP contribution in [0, 0.1) is 12.8 Å². The van der Waals surface area contributed by atoms with Crippen molar-refractivity contribution in [2.45, 2.75) is 38.8 Å². The Morgan fingerprint density at radius 3 is 2.89 bits per heavy atom. The van der Waals surface area contributed by atoms with Gasteiger partial charge >= 0.3 is 0 Å². The predicted octanol–water partition coefficient (Wildman–Crippen LogP) is 3.27. The SMILES string of the molecule is COc1ccc(C)cc1CC(C)(F)C1CCCNC1. The molecular formula is C16H24FNO. The van der Waals surface area contributed by atoms with E-state index in [4.69, 9.17) is 4.74 Å². The molecule has 1 aliphatic rings. The van der Waals surface area contributed by atoms with Crippen molar-refractivity contribution in [3.05, 3.63) is 29.3 Å². The van der Waals surface area contributed by atoms with Crippen LogP contribution in [-0.4, -0.2) is 25.9 Å². The van der Waals surface area contributed by atoms with Gasteiger partial charge in [-0.1, -0.05) is 17.7 Å². The first-order valence-electron chi connectivity index (χ1n) is 7.06. The molecule has 2 unspecified atom stereocenters. The van der Waals surface area contributed by atoms with Crippen LogP contribution in [0.5, 0.6) is 5.75 Å². The Kier molecular flexibility index (Phi) is 4.46. The number of halogens is 1. The van der Waals surface area contributed by atoms with E-state index >= 15 is 4.39 Å². The number of ether oxygens (including phenoxy) is 1. The molecule has 19 heavy (non-hydrogen) atoms. The maximum atomic E-state index is 15.0. The normalized spacial score (nSPS) is 22.8. The molecule has 1 heterocycles. The number of alkyl halides is 1. The van der Waals surface area contributed by atoms with E-state index in [1.165, 1.54) is 0 Å². The highest BCUT2D eigenvalue weighted by atomic mass is 19.1. The molecule has 0 spiro atoms. The molecule has 0 bridgehead atoms. The van der Waals surface area contributed by atoms with Crippen molar-refractivity contribution in [2.75, 3.05) is 20.2 Å². The molecule has 0 aromatic heterocycles. The number of methoxy groups -OCH3 is 1. The number of hydrogen-bond acceptors (Lipinski definition) is 2. The van der Waals surface area contributed by atoms with E-state index in [2.05, 4.69) is 5.32 Å². The second kappa shape index (κ2) is 5.91. The first-order valence-corrected chi connectivity index (χ1v) is 7.06. The summed E-state index contributed by atoms with van der Waals surface area (Å²) in [6.07, 6.45) is 2.45. The van der Waals surface area contributed by atoms with Gasteiger partial charge < -0.3 is 10.1 Å². The van der Waals surface area contributed by atoms with Crippen molar-refractivity contribution in [3.63, 3.8) is 0 Å². The lowest BCUT2D eigenvalue weighted by molar-refractivity contribution is 0.0826. The molecule has 0 amide bonds. The summed E-state index contributed by atoms with van der Waals surface area (Å²) in [5, 5.41) is 3.30. The third-order valence-electron chi connectivity index (χ3n) is 4.12. The highest BCUT2D eigenvalue weighted by Gasteiger charge is 2.35. The molecular weight excluding hydrogens is 241 g/mol. The topological polar surface area (TPSA) is 21.3 Å². The van der Waals surface area contributed by atoms with Crippen LogP contribution < -0.4 is 10.1 Å². The van der Waals surface area contributed by atoms with Gasteiger partial charge in [0.1, 0.15) is 11.4 Å². The third kappa shape index (κ3) is 3.47. The van der Waals surface area contributed by atoms with E-state index < -0.39 is 5.67 Å². The van der Waals surface area contributed by atoms with Gasteiger partial charge in [0.25, 0.3) is 0 Å². The van der Waals surface area contributed by atoms with E-state index in [1.54, 1.807) is 14.0 Å². The fourth-order valence-corrected chi connectivity index (χ4v) is 2.93. The molecule has 0 saturated carbocycles. The third-order valence-corrected chi connectivity index (χ3v) is 4.12. The van der Waals surface area contributed by atoms with Gasteiger partial charge in [-0.15, -0.1) is 0 Å². The minimum atomic E-state index is -1.19. The smallest absolute Gasteiger partial charge is 0.122 e. The zero-order valence-electron chi connectivity index (χ0n) is 12.1. The molecule has 2 atom stereocenters. The summed E-state index contributed by atoms with van der Waals surface area (Å²) in [6.45, 7) is 5.55. The van der Waals surface area contributed by atoms with Gasteiger partial charge in [0.15, 0.2) is 0 Å². The number of nitrogens with one attached hydrogen (secondary N) is 1. The summed E-state index contributed by atoms with van der Waals surface area (Å²) in [5.41, 5.74) is 0.931. The van der Waals surface area contributed by atoms with Crippen molar-refractivity contribution in [3.8, 4) is 5.75 Å². The lowest BCUT2D eigenvalue weighted by Gasteiger charge is -2.34. The second-order valence-electron chi connectivity index (χ2n) is 5.81. The molecule has 2 nitrogen and oxygen atoms in total. The Hall–Kier alpha value is -1.09. The second-order valence-corrected chi connectivity index (χ2v) is 5.81. The van der Waals surface area contributed by atoms with Crippen LogP contribution in [0.3, 0.4) is 0 Å². The Bertz CT molecular complexity index is 425. The fourth-order valence-electron chi connectivity index (χ4n) is 2.93. The standard InChI is InChI=1S/C16H24FNO/c1-12-6-7-15(19-3)13(9-12)10-16(2,17)14-5-4-8-18-11-14/h6-7,9,14,18H,4-5,8,10-11H2,1-3H3. The van der Waals surface area contributed by atoms with Gasteiger partial charge in [-0.2, -0.15) is 0 Å². The van der Waals surface area contributed by atoms with E-state index in [-0.39, 0.29) is 5.92 Å². The lowest BCUT2D eigenvalue weighted by Crippen LogP contribution is -2.42. The van der Waals surface area contributed by atoms with Gasteiger partial charge in [0.05, 0.1) is 7.11 Å². The molecule has 0 aliphatic carbocycles. The Morgan fingerprint density at radius 2 is 2.26 bits per heavy atom. The van der Waals surface area contributed by atoms with Crippen molar-refractivity contribution >= 4 is 0 Å². The number of hydrogen-bond donors (Lipinski definition) is 1. The highest BCUT2D eigenvalue weighted by Crippen LogP contribution is 2.34. The number of aryl methyl sites for hydroxylation is 1. The quantitative estimate of drug-likeness (QED) is 0.902. The number of benzene rings is 1. The Balaban J connectivity index is 2.16. The summed E-state index contributed by atoms with van der Waals surface area (Å²) < 4.78 is 20.4. The summed E-state index contributed by atoms with van der Waals surface area (Å²) in [4.78, 5) is 0. The molecule has 1 aromatic carbocycles. The maximum Gasteiger partial charge on any atom is 0.122 e. The summed E-state index contributed by atoms with van der Waals surface area (Å²) in [6, 6.07) is 5.97. The van der Waals surface area contributed by atoms with Crippen molar-refractivity contribution in [1.29, 1.82) is 0 Å². The molecule has 1 fully saturated rings. The maximum absolute atomic E-state index is 15.0. The monoisotopic (exact) mass is 265 g/mol. The van der Waals surface area contributed by atoms with Crippen LogP contribution in [0.4, 0.5) is 4.39 Å². The van der Waals surface area contributed by atoms with Gasteiger partial charge in [0.2, 0.25) is 0 Å². The lowest BCUT2D eigenvalue weighted by atomic mass is 9.80. The number of rotatable bonds is 4. The molecule has 3 heteroatoms. The molecule has 1 N–H and O–H groups in total. The zero-order chi connectivity index (χ0) is 13.9. The van der Waals surface area contributed by atoms with E-state index in [1.807, 2.05) is 25.1 Å². The van der Waals surface area contributed by atoms with Gasteiger partial charge in [-0.25, -0.2) is 4.39 Å². The molecule has 106 valence electrons. The Labute approximate surface area is 115 Å². The van der Waals surface area contributed by atoms with E-state index in [0.717, 1.165) is 42.8 Å². The number of piperidine rings is 1. The van der Waals surface area contributed by atoms with Gasteiger partial charge in [-0.3, -0.25) is 0 Å². The fraction of sp³-hybridized carbons (Fsp3) is 0.625. The predicted molar refractivity (Wildman–Crippen MR) is 76.5 cm³/mol. The molecule has 0 radical (unpaired) electrons. The van der Waals surface area contributed by atoms with Crippen LogP contribution in [0.2, 0.25) is 0 Å². The van der Waals surface area contributed by atoms with Crippen LogP contribution in [0.1, 0.15) is 30.9 Å². The van der Waals surface area contributed by atoms with Crippen molar-refractivity contribution in [1.82, 2.24) is 5.32 Å². The first kappa shape index (κ1) is 14.3. The molecule has 1 aromatic rings. The van der Waals surface area contributed by atoms with E-state index in [0.29, 0.717) is 6.42 Å². The largest absolute Gasteiger partial charge is 0.496 e. The average molecular weight is 265 g/mol. The summed E-state index contributed by atoms with van der Waals surface area (Å²) in [7, 11) is 1.64. The average Bonchev–Trinajstić information content (AvgIpc) is 2.39. The summed E-state index contributed by atoms with van der Waals surface area (Å²) in [5.74, 6) is 0.879. The molecule has 1 aliphatic heterocycles.